The maximum Gasteiger partial charge on any atom is 2.00 e. The molecule has 0 unspecified atom stereocenters. The summed E-state index contributed by atoms with van der Waals surface area (Å²) in [6.45, 7) is 12.9. The molecule has 0 saturated heterocycles. The van der Waals surface area contributed by atoms with Crippen molar-refractivity contribution in [2.24, 2.45) is 0 Å². The van der Waals surface area contributed by atoms with E-state index in [0.717, 1.165) is 34.2 Å². The first kappa shape index (κ1) is 24.1. The number of benzene rings is 1. The van der Waals surface area contributed by atoms with Crippen LogP contribution in [0, 0.1) is 19.1 Å². The van der Waals surface area contributed by atoms with Crippen LogP contribution in [0.4, 0.5) is 0 Å². The maximum atomic E-state index is 4.91. The number of hydrogen-bond acceptors (Lipinski definition) is 3. The van der Waals surface area contributed by atoms with E-state index < -0.39 is 0 Å². The molecule has 5 heteroatoms. The van der Waals surface area contributed by atoms with Crippen molar-refractivity contribution in [2.75, 3.05) is 0 Å². The van der Waals surface area contributed by atoms with Gasteiger partial charge in [-0.2, -0.15) is 41.0 Å². The van der Waals surface area contributed by atoms with E-state index in [1.807, 2.05) is 54.2 Å². The molecule has 4 nitrogen and oxygen atoms in total. The second-order valence-corrected chi connectivity index (χ2v) is 9.47. The van der Waals surface area contributed by atoms with E-state index in [1.54, 1.807) is 0 Å². The number of rotatable bonds is 4. The Kier molecular flexibility index (Phi) is 6.85. The van der Waals surface area contributed by atoms with E-state index in [2.05, 4.69) is 69.9 Å². The summed E-state index contributed by atoms with van der Waals surface area (Å²) in [5.74, 6) is 0. The molecule has 0 aliphatic carbocycles. The topological polar surface area (TPSA) is 43.6 Å². The molecule has 0 radical (unpaired) electrons. The third-order valence-electron chi connectivity index (χ3n) is 5.59. The molecule has 0 aliphatic rings. The summed E-state index contributed by atoms with van der Waals surface area (Å²) >= 11 is 0. The molecule has 1 aromatic carbocycles. The first-order valence-corrected chi connectivity index (χ1v) is 10.6. The van der Waals surface area contributed by atoms with Gasteiger partial charge in [-0.3, -0.25) is 9.67 Å². The molecule has 0 fully saturated rings. The van der Waals surface area contributed by atoms with Gasteiger partial charge in [0.15, 0.2) is 0 Å². The van der Waals surface area contributed by atoms with Crippen molar-refractivity contribution in [3.8, 4) is 17.1 Å². The van der Waals surface area contributed by atoms with Gasteiger partial charge in [0.1, 0.15) is 0 Å². The zero-order valence-electron chi connectivity index (χ0n) is 19.4. The third-order valence-corrected chi connectivity index (χ3v) is 5.59. The first-order chi connectivity index (χ1) is 14.6. The van der Waals surface area contributed by atoms with Gasteiger partial charge in [0.05, 0.1) is 5.69 Å². The molecule has 4 aromatic rings. The Morgan fingerprint density at radius 2 is 1.59 bits per heavy atom. The second-order valence-electron chi connectivity index (χ2n) is 9.47. The summed E-state index contributed by atoms with van der Waals surface area (Å²) in [5.41, 5.74) is 6.33. The standard InChI is InChI=1S/C27H28N4.Pt/c1-19-10-7-13-22(28-19)23-14-9-15-24(29-23)27(5,6)25-16-17-31(30-25)21-12-8-11-20(18-21)26(2,3)4;/h7-11,14-18H,1-6H3;/q-2;+2. The molecule has 0 aliphatic heterocycles. The minimum absolute atomic E-state index is 0. The van der Waals surface area contributed by atoms with Crippen LogP contribution in [0.15, 0.2) is 60.8 Å². The molecule has 4 rings (SSSR count). The number of nitrogens with zero attached hydrogens (tertiary/aromatic N) is 4. The minimum Gasteiger partial charge on any atom is -0.314 e. The van der Waals surface area contributed by atoms with Crippen molar-refractivity contribution in [3.05, 3.63) is 95.6 Å². The Labute approximate surface area is 205 Å². The van der Waals surface area contributed by atoms with E-state index in [0.29, 0.717) is 0 Å². The summed E-state index contributed by atoms with van der Waals surface area (Å²) in [6.07, 6.45) is 2.00. The van der Waals surface area contributed by atoms with Gasteiger partial charge in [0.2, 0.25) is 0 Å². The van der Waals surface area contributed by atoms with Gasteiger partial charge in [-0.1, -0.05) is 32.9 Å². The first-order valence-electron chi connectivity index (χ1n) is 10.6. The van der Waals surface area contributed by atoms with Gasteiger partial charge in [0.25, 0.3) is 0 Å². The zero-order chi connectivity index (χ0) is 22.2. The molecule has 166 valence electrons. The Hall–Kier alpha value is -2.58. The summed E-state index contributed by atoms with van der Waals surface area (Å²) < 4.78 is 1.89. The number of pyridine rings is 2. The fraction of sp³-hybridized carbons (Fsp3) is 0.296. The molecule has 0 bridgehead atoms. The van der Waals surface area contributed by atoms with Gasteiger partial charge < -0.3 is 4.98 Å². The van der Waals surface area contributed by atoms with Crippen molar-refractivity contribution in [3.63, 3.8) is 0 Å². The predicted molar refractivity (Wildman–Crippen MR) is 124 cm³/mol. The van der Waals surface area contributed by atoms with Crippen LogP contribution in [-0.2, 0) is 31.9 Å². The monoisotopic (exact) mass is 603 g/mol. The molecule has 0 saturated carbocycles. The fourth-order valence-electron chi connectivity index (χ4n) is 3.51. The number of aromatic nitrogens is 4. The molecule has 32 heavy (non-hydrogen) atoms. The van der Waals surface area contributed by atoms with Crippen LogP contribution >= 0.6 is 0 Å². The van der Waals surface area contributed by atoms with E-state index in [-0.39, 0.29) is 31.9 Å². The molecule has 0 amide bonds. The number of aryl methyl sites for hydroxylation is 1. The van der Waals surface area contributed by atoms with Gasteiger partial charge in [-0.25, -0.2) is 0 Å². The smallest absolute Gasteiger partial charge is 0.314 e. The van der Waals surface area contributed by atoms with Crippen LogP contribution in [0.1, 0.15) is 57.3 Å². The van der Waals surface area contributed by atoms with E-state index in [4.69, 9.17) is 10.1 Å². The normalized spacial score (nSPS) is 11.8. The van der Waals surface area contributed by atoms with Gasteiger partial charge in [-0.15, -0.1) is 12.1 Å². The van der Waals surface area contributed by atoms with Gasteiger partial charge in [0, 0.05) is 17.3 Å². The number of hydrogen-bond donors (Lipinski definition) is 0. The van der Waals surface area contributed by atoms with Crippen molar-refractivity contribution in [2.45, 2.75) is 52.4 Å². The Balaban J connectivity index is 0.00000289. The zero-order valence-corrected chi connectivity index (χ0v) is 21.7. The van der Waals surface area contributed by atoms with Crippen LogP contribution in [0.3, 0.4) is 0 Å². The van der Waals surface area contributed by atoms with E-state index >= 15 is 0 Å². The largest absolute Gasteiger partial charge is 2.00 e. The van der Waals surface area contributed by atoms with E-state index in [1.165, 1.54) is 5.56 Å². The summed E-state index contributed by atoms with van der Waals surface area (Å²) in [4.78, 5) is 9.48. The van der Waals surface area contributed by atoms with Crippen molar-refractivity contribution in [1.82, 2.24) is 19.7 Å². The van der Waals surface area contributed by atoms with Crippen molar-refractivity contribution < 1.29 is 21.1 Å². The Morgan fingerprint density at radius 1 is 0.844 bits per heavy atom. The van der Waals surface area contributed by atoms with Crippen LogP contribution in [0.5, 0.6) is 0 Å². The molecular formula is C27H28N4Pt. The van der Waals surface area contributed by atoms with Crippen LogP contribution in [-0.4, -0.2) is 19.7 Å². The minimum atomic E-state index is -0.368. The quantitative estimate of drug-likeness (QED) is 0.275. The summed E-state index contributed by atoms with van der Waals surface area (Å²) in [5, 5.41) is 4.89. The average molecular weight is 604 g/mol. The third kappa shape index (κ3) is 4.91. The fourth-order valence-corrected chi connectivity index (χ4v) is 3.51. The van der Waals surface area contributed by atoms with Crippen molar-refractivity contribution >= 4 is 0 Å². The second kappa shape index (κ2) is 9.11. The molecule has 0 spiro atoms. The summed E-state index contributed by atoms with van der Waals surface area (Å²) in [7, 11) is 0. The van der Waals surface area contributed by atoms with Crippen LogP contribution in [0.25, 0.3) is 17.1 Å². The van der Waals surface area contributed by atoms with Crippen LogP contribution in [0.2, 0.25) is 0 Å². The van der Waals surface area contributed by atoms with Crippen LogP contribution < -0.4 is 0 Å². The molecule has 3 aromatic heterocycles. The molecule has 3 heterocycles. The Morgan fingerprint density at radius 3 is 2.31 bits per heavy atom. The summed E-state index contributed by atoms with van der Waals surface area (Å²) in [6, 6.07) is 24.7. The molecule has 0 N–H and O–H groups in total. The van der Waals surface area contributed by atoms with Gasteiger partial charge >= 0.3 is 21.1 Å². The average Bonchev–Trinajstić information content (AvgIpc) is 3.25. The molecular weight excluding hydrogens is 575 g/mol. The van der Waals surface area contributed by atoms with E-state index in [9.17, 15) is 0 Å². The van der Waals surface area contributed by atoms with Crippen molar-refractivity contribution in [1.29, 1.82) is 0 Å². The predicted octanol–water partition coefficient (Wildman–Crippen LogP) is 5.86. The van der Waals surface area contributed by atoms with Gasteiger partial charge in [-0.05, 0) is 61.1 Å². The maximum absolute atomic E-state index is 4.91. The Bertz CT molecular complexity index is 1220. The molecule has 0 atom stereocenters. The SMILES string of the molecule is Cc1cc[c-]c(-c2cccc(C(C)(C)c3ccn(-c4[c-]ccc(C(C)(C)C)c4)n3)n2)n1.[Pt+2].